The first-order valence-corrected chi connectivity index (χ1v) is 8.89. The van der Waals surface area contributed by atoms with Gasteiger partial charge in [0.05, 0.1) is 18.8 Å². The van der Waals surface area contributed by atoms with E-state index in [1.165, 1.54) is 11.1 Å². The molecule has 2 fully saturated rings. The Morgan fingerprint density at radius 2 is 1.32 bits per heavy atom. The maximum Gasteiger partial charge on any atom is 0.139 e. The summed E-state index contributed by atoms with van der Waals surface area (Å²) in [6.45, 7) is 5.46. The number of nitrogens with zero attached hydrogens (tertiary/aromatic N) is 1. The van der Waals surface area contributed by atoms with Crippen molar-refractivity contribution >= 4 is 0 Å². The Hall–Kier alpha value is -1.72. The molecule has 2 heterocycles. The smallest absolute Gasteiger partial charge is 0.139 e. The Balaban J connectivity index is 1.72. The van der Waals surface area contributed by atoms with Gasteiger partial charge in [-0.3, -0.25) is 0 Å². The largest absolute Gasteiger partial charge is 0.396 e. The third-order valence-electron chi connectivity index (χ3n) is 5.37. The van der Waals surface area contributed by atoms with Crippen molar-refractivity contribution in [3.63, 3.8) is 0 Å². The number of aryl methyl sites for hydroxylation is 2. The van der Waals surface area contributed by atoms with E-state index in [-0.39, 0.29) is 24.6 Å². The van der Waals surface area contributed by atoms with Crippen LogP contribution in [0.25, 0.3) is 0 Å². The van der Waals surface area contributed by atoms with Crippen molar-refractivity contribution in [2.45, 2.75) is 38.3 Å². The summed E-state index contributed by atoms with van der Waals surface area (Å²) < 4.78 is 12.4. The highest BCUT2D eigenvalue weighted by Gasteiger charge is 2.56. The fraction of sp³-hybridized carbons (Fsp3) is 0.429. The molecule has 2 aliphatic rings. The van der Waals surface area contributed by atoms with Gasteiger partial charge in [0.1, 0.15) is 12.5 Å². The summed E-state index contributed by atoms with van der Waals surface area (Å²) in [5.74, 6) is 0. The van der Waals surface area contributed by atoms with Gasteiger partial charge in [-0.25, -0.2) is 4.90 Å². The molecule has 2 aromatic rings. The van der Waals surface area contributed by atoms with E-state index >= 15 is 0 Å². The van der Waals surface area contributed by atoms with Gasteiger partial charge in [-0.05, 0) is 31.4 Å². The molecular weight excluding hydrogens is 314 g/mol. The molecule has 2 aromatic carbocycles. The molecule has 1 N–H and O–H groups in total. The summed E-state index contributed by atoms with van der Waals surface area (Å²) in [7, 11) is 0. The second kappa shape index (κ2) is 6.54. The number of hydrogen-bond donors (Lipinski definition) is 1. The molecule has 2 aliphatic heterocycles. The molecule has 0 aliphatic carbocycles. The highest BCUT2D eigenvalue weighted by atomic mass is 16.6. The quantitative estimate of drug-likeness (QED) is 0.926. The maximum atomic E-state index is 9.62. The van der Waals surface area contributed by atoms with Gasteiger partial charge < -0.3 is 14.6 Å². The molecule has 4 nitrogen and oxygen atoms in total. The minimum Gasteiger partial charge on any atom is -0.396 e. The normalized spacial score (nSPS) is 29.1. The molecule has 0 amide bonds. The van der Waals surface area contributed by atoms with E-state index < -0.39 is 0 Å². The molecule has 0 aromatic heterocycles. The zero-order valence-corrected chi connectivity index (χ0v) is 14.8. The Labute approximate surface area is 149 Å². The molecule has 0 saturated carbocycles. The van der Waals surface area contributed by atoms with Crippen molar-refractivity contribution in [2.24, 2.45) is 0 Å². The molecule has 4 rings (SSSR count). The summed E-state index contributed by atoms with van der Waals surface area (Å²) in [5, 5.41) is 9.62. The van der Waals surface area contributed by atoms with E-state index in [0.29, 0.717) is 19.6 Å². The number of hydrogen-bond acceptors (Lipinski definition) is 4. The van der Waals surface area contributed by atoms with Crippen LogP contribution < -0.4 is 0 Å². The lowest BCUT2D eigenvalue weighted by atomic mass is 9.96. The monoisotopic (exact) mass is 339 g/mol. The summed E-state index contributed by atoms with van der Waals surface area (Å²) in [6, 6.07) is 17.0. The third kappa shape index (κ3) is 2.89. The van der Waals surface area contributed by atoms with Gasteiger partial charge in [-0.15, -0.1) is 0 Å². The molecular formula is C21H25NO3. The van der Waals surface area contributed by atoms with Crippen molar-refractivity contribution in [2.75, 3.05) is 19.8 Å². The van der Waals surface area contributed by atoms with Crippen LogP contribution in [0.4, 0.5) is 0 Å². The Morgan fingerprint density at radius 1 is 0.880 bits per heavy atom. The molecule has 0 radical (unpaired) electrons. The van der Waals surface area contributed by atoms with Crippen molar-refractivity contribution in [1.82, 2.24) is 4.90 Å². The second-order valence-electron chi connectivity index (χ2n) is 7.25. The first kappa shape index (κ1) is 16.7. The molecule has 3 atom stereocenters. The maximum absolute atomic E-state index is 9.62. The lowest BCUT2D eigenvalue weighted by Crippen LogP contribution is -2.45. The highest BCUT2D eigenvalue weighted by Crippen LogP contribution is 2.50. The van der Waals surface area contributed by atoms with Crippen LogP contribution >= 0.6 is 0 Å². The molecule has 1 unspecified atom stereocenters. The SMILES string of the molecule is Cc1ccc([C@H]2OCC3(CCO)CO[C@@H](c4ccc(C)cc4)N23)cc1. The predicted octanol–water partition coefficient (Wildman–Crippen LogP) is 3.48. The fourth-order valence-corrected chi connectivity index (χ4v) is 3.90. The van der Waals surface area contributed by atoms with Crippen LogP contribution in [-0.4, -0.2) is 35.4 Å². The number of ether oxygens (including phenoxy) is 2. The van der Waals surface area contributed by atoms with Gasteiger partial charge >= 0.3 is 0 Å². The standard InChI is InChI=1S/C21H25NO3/c1-15-3-7-17(8-4-15)19-22-20(18-9-5-16(2)6-10-18)25-14-21(22,11-12-23)13-24-19/h3-10,19-20,23H,11-14H2,1-2H3/t19-,20+,21?. The van der Waals surface area contributed by atoms with Crippen molar-refractivity contribution in [3.05, 3.63) is 70.8 Å². The van der Waals surface area contributed by atoms with E-state index in [1.807, 2.05) is 0 Å². The minimum atomic E-state index is -0.264. The van der Waals surface area contributed by atoms with Crippen LogP contribution in [-0.2, 0) is 9.47 Å². The number of aliphatic hydroxyl groups is 1. The van der Waals surface area contributed by atoms with E-state index in [1.54, 1.807) is 0 Å². The Morgan fingerprint density at radius 3 is 1.72 bits per heavy atom. The van der Waals surface area contributed by atoms with Crippen LogP contribution in [0, 0.1) is 13.8 Å². The lowest BCUT2D eigenvalue weighted by Gasteiger charge is -2.34. The molecule has 2 saturated heterocycles. The summed E-state index contributed by atoms with van der Waals surface area (Å²) in [5.41, 5.74) is 4.47. The second-order valence-corrected chi connectivity index (χ2v) is 7.25. The van der Waals surface area contributed by atoms with Gasteiger partial charge in [-0.2, -0.15) is 0 Å². The van der Waals surface area contributed by atoms with Crippen LogP contribution in [0.15, 0.2) is 48.5 Å². The van der Waals surface area contributed by atoms with Crippen molar-refractivity contribution in [3.8, 4) is 0 Å². The van der Waals surface area contributed by atoms with Crippen molar-refractivity contribution in [1.29, 1.82) is 0 Å². The molecule has 0 bridgehead atoms. The number of fused-ring (bicyclic) bond motifs is 1. The molecule has 25 heavy (non-hydrogen) atoms. The number of benzene rings is 2. The first-order valence-electron chi connectivity index (χ1n) is 8.89. The average molecular weight is 339 g/mol. The van der Waals surface area contributed by atoms with Gasteiger partial charge in [0.25, 0.3) is 0 Å². The van der Waals surface area contributed by atoms with E-state index in [0.717, 1.165) is 11.1 Å². The summed E-state index contributed by atoms with van der Waals surface area (Å²) in [6.07, 6.45) is 0.347. The molecule has 132 valence electrons. The van der Waals surface area contributed by atoms with Crippen LogP contribution in [0.3, 0.4) is 0 Å². The van der Waals surface area contributed by atoms with E-state index in [9.17, 15) is 5.11 Å². The van der Waals surface area contributed by atoms with Gasteiger partial charge in [0.15, 0.2) is 0 Å². The minimum absolute atomic E-state index is 0.129. The number of rotatable bonds is 4. The number of aliphatic hydroxyl groups excluding tert-OH is 1. The van der Waals surface area contributed by atoms with Crippen LogP contribution in [0.1, 0.15) is 41.1 Å². The lowest BCUT2D eigenvalue weighted by molar-refractivity contribution is -0.0623. The van der Waals surface area contributed by atoms with Crippen LogP contribution in [0.5, 0.6) is 0 Å². The van der Waals surface area contributed by atoms with Gasteiger partial charge in [-0.1, -0.05) is 59.7 Å². The average Bonchev–Trinajstić information content (AvgIpc) is 3.14. The third-order valence-corrected chi connectivity index (χ3v) is 5.37. The predicted molar refractivity (Wildman–Crippen MR) is 96.0 cm³/mol. The van der Waals surface area contributed by atoms with Crippen molar-refractivity contribution < 1.29 is 14.6 Å². The Bertz CT molecular complexity index is 668. The topological polar surface area (TPSA) is 41.9 Å². The zero-order valence-electron chi connectivity index (χ0n) is 14.8. The van der Waals surface area contributed by atoms with Gasteiger partial charge in [0, 0.05) is 6.61 Å². The Kier molecular flexibility index (Phi) is 4.38. The van der Waals surface area contributed by atoms with E-state index in [4.69, 9.17) is 9.47 Å². The zero-order chi connectivity index (χ0) is 17.4. The van der Waals surface area contributed by atoms with Gasteiger partial charge in [0.2, 0.25) is 0 Å². The first-order chi connectivity index (χ1) is 12.1. The van der Waals surface area contributed by atoms with Crippen LogP contribution in [0.2, 0.25) is 0 Å². The molecule has 0 spiro atoms. The summed E-state index contributed by atoms with van der Waals surface area (Å²) in [4.78, 5) is 2.32. The van der Waals surface area contributed by atoms with E-state index in [2.05, 4.69) is 67.3 Å². The molecule has 4 heteroatoms. The summed E-state index contributed by atoms with van der Waals surface area (Å²) >= 11 is 0. The fourth-order valence-electron chi connectivity index (χ4n) is 3.90. The highest BCUT2D eigenvalue weighted by molar-refractivity contribution is 5.28.